The summed E-state index contributed by atoms with van der Waals surface area (Å²) in [4.78, 5) is 24.6. The summed E-state index contributed by atoms with van der Waals surface area (Å²) in [5.41, 5.74) is 1.91. The first-order valence-electron chi connectivity index (χ1n) is 12.8. The second-order valence-electron chi connectivity index (χ2n) is 11.9. The minimum atomic E-state index is -0.697. The third-order valence-corrected chi connectivity index (χ3v) is 8.80. The summed E-state index contributed by atoms with van der Waals surface area (Å²) >= 11 is 0. The Hall–Kier alpha value is -1.70. The summed E-state index contributed by atoms with van der Waals surface area (Å²) < 4.78 is 18.6. The van der Waals surface area contributed by atoms with Gasteiger partial charge in [0.1, 0.15) is 12.2 Å². The van der Waals surface area contributed by atoms with Gasteiger partial charge in [-0.1, -0.05) is 32.9 Å². The van der Waals surface area contributed by atoms with Crippen molar-refractivity contribution in [2.75, 3.05) is 0 Å². The fourth-order valence-corrected chi connectivity index (χ4v) is 7.23. The van der Waals surface area contributed by atoms with Crippen LogP contribution in [0, 0.1) is 22.7 Å². The Morgan fingerprint density at radius 1 is 1.11 bits per heavy atom. The lowest BCUT2D eigenvalue weighted by Gasteiger charge is -2.59. The predicted octanol–water partition coefficient (Wildman–Crippen LogP) is 4.10. The van der Waals surface area contributed by atoms with Crippen LogP contribution in [-0.2, 0) is 23.8 Å². The molecule has 9 atom stereocenters. The number of carbonyl (C=O) groups excluding carboxylic acids is 2. The van der Waals surface area contributed by atoms with Crippen molar-refractivity contribution in [1.29, 1.82) is 0 Å². The zero-order valence-corrected chi connectivity index (χ0v) is 22.6. The van der Waals surface area contributed by atoms with Crippen molar-refractivity contribution in [3.05, 3.63) is 23.3 Å². The van der Waals surface area contributed by atoms with Crippen LogP contribution >= 0.6 is 0 Å². The van der Waals surface area contributed by atoms with E-state index in [2.05, 4.69) is 34.3 Å². The molecule has 2 fully saturated rings. The van der Waals surface area contributed by atoms with Crippen LogP contribution in [0.5, 0.6) is 0 Å². The molecule has 7 nitrogen and oxygen atoms in total. The Morgan fingerprint density at radius 3 is 2.26 bits per heavy atom. The van der Waals surface area contributed by atoms with Crippen molar-refractivity contribution >= 4 is 11.9 Å². The number of aliphatic hydroxyl groups excluding tert-OH is 2. The van der Waals surface area contributed by atoms with E-state index in [1.165, 1.54) is 13.8 Å². The van der Waals surface area contributed by atoms with E-state index < -0.39 is 41.2 Å². The monoisotopic (exact) mass is 492 g/mol. The van der Waals surface area contributed by atoms with Crippen LogP contribution in [-0.4, -0.2) is 58.8 Å². The number of rotatable bonds is 5. The van der Waals surface area contributed by atoms with E-state index in [1.807, 2.05) is 6.92 Å². The SMILES string of the molecule is C=C1[C@@H](O)CC[C@@]2(C)C[C@H](OC(C)C(C)O)C3=C(C)C[C@H](OC(C)=O)[C@@H]([C@@H](OC(C)=O)[C@H]12)C3(C)C. The minimum absolute atomic E-state index is 0.288. The van der Waals surface area contributed by atoms with Crippen molar-refractivity contribution in [3.8, 4) is 0 Å². The van der Waals surface area contributed by atoms with Gasteiger partial charge >= 0.3 is 11.9 Å². The molecule has 3 aliphatic carbocycles. The fraction of sp³-hybridized carbons (Fsp3) is 0.786. The van der Waals surface area contributed by atoms with Gasteiger partial charge in [-0.25, -0.2) is 0 Å². The fourth-order valence-electron chi connectivity index (χ4n) is 7.23. The molecule has 0 aliphatic heterocycles. The number of fused-ring (bicyclic) bond motifs is 3. The van der Waals surface area contributed by atoms with Crippen LogP contribution in [0.15, 0.2) is 23.3 Å². The van der Waals surface area contributed by atoms with Gasteiger partial charge in [0.2, 0.25) is 0 Å². The number of hydrogen-bond acceptors (Lipinski definition) is 7. The maximum Gasteiger partial charge on any atom is 0.302 e. The van der Waals surface area contributed by atoms with Crippen molar-refractivity contribution < 1.29 is 34.0 Å². The van der Waals surface area contributed by atoms with E-state index in [0.717, 1.165) is 11.1 Å². The first-order chi connectivity index (χ1) is 16.1. The second kappa shape index (κ2) is 9.98. The van der Waals surface area contributed by atoms with Crippen molar-refractivity contribution in [3.63, 3.8) is 0 Å². The summed E-state index contributed by atoms with van der Waals surface area (Å²) in [6.07, 6.45) is -0.727. The van der Waals surface area contributed by atoms with Gasteiger partial charge < -0.3 is 24.4 Å². The lowest BCUT2D eigenvalue weighted by atomic mass is 9.50. The van der Waals surface area contributed by atoms with Gasteiger partial charge in [0.25, 0.3) is 0 Å². The number of hydrogen-bond donors (Lipinski definition) is 2. The molecule has 2 N–H and O–H groups in total. The molecule has 2 unspecified atom stereocenters. The van der Waals surface area contributed by atoms with E-state index in [0.29, 0.717) is 31.3 Å². The van der Waals surface area contributed by atoms with Crippen LogP contribution in [0.4, 0.5) is 0 Å². The van der Waals surface area contributed by atoms with Crippen molar-refractivity contribution in [1.82, 2.24) is 0 Å². The molecule has 35 heavy (non-hydrogen) atoms. The quantitative estimate of drug-likeness (QED) is 0.440. The molecule has 0 radical (unpaired) electrons. The lowest BCUT2D eigenvalue weighted by Crippen LogP contribution is -2.60. The van der Waals surface area contributed by atoms with Crippen molar-refractivity contribution in [2.24, 2.45) is 22.7 Å². The topological polar surface area (TPSA) is 102 Å². The maximum absolute atomic E-state index is 12.4. The van der Waals surface area contributed by atoms with E-state index in [-0.39, 0.29) is 30.0 Å². The Labute approximate surface area is 209 Å². The minimum Gasteiger partial charge on any atom is -0.462 e. The smallest absolute Gasteiger partial charge is 0.302 e. The number of carbonyl (C=O) groups is 2. The zero-order chi connectivity index (χ0) is 26.5. The van der Waals surface area contributed by atoms with E-state index in [9.17, 15) is 19.8 Å². The lowest BCUT2D eigenvalue weighted by molar-refractivity contribution is -0.185. The molecule has 198 valence electrons. The molecule has 0 spiro atoms. The molecule has 3 rings (SSSR count). The molecule has 0 amide bonds. The second-order valence-corrected chi connectivity index (χ2v) is 11.9. The Kier molecular flexibility index (Phi) is 7.95. The molecule has 7 heteroatoms. The van der Waals surface area contributed by atoms with Gasteiger partial charge in [0.05, 0.1) is 24.4 Å². The van der Waals surface area contributed by atoms with Crippen LogP contribution in [0.25, 0.3) is 0 Å². The zero-order valence-electron chi connectivity index (χ0n) is 22.6. The third kappa shape index (κ3) is 5.23. The van der Waals surface area contributed by atoms with E-state index >= 15 is 0 Å². The third-order valence-electron chi connectivity index (χ3n) is 8.80. The summed E-state index contributed by atoms with van der Waals surface area (Å²) in [6, 6.07) is 0. The molecular formula is C28H44O7. The largest absolute Gasteiger partial charge is 0.462 e. The van der Waals surface area contributed by atoms with Crippen LogP contribution in [0.2, 0.25) is 0 Å². The first-order valence-corrected chi connectivity index (χ1v) is 12.8. The average molecular weight is 493 g/mol. The van der Waals surface area contributed by atoms with E-state index in [1.54, 1.807) is 6.92 Å². The molecule has 3 aliphatic rings. The van der Waals surface area contributed by atoms with Crippen molar-refractivity contribution in [2.45, 2.75) is 118 Å². The number of ether oxygens (including phenoxy) is 3. The normalized spacial score (nSPS) is 38.5. The Balaban J connectivity index is 2.28. The van der Waals surface area contributed by atoms with Gasteiger partial charge in [-0.05, 0) is 62.0 Å². The molecule has 0 heterocycles. The highest BCUT2D eigenvalue weighted by atomic mass is 16.6. The molecule has 0 aromatic carbocycles. The highest BCUT2D eigenvalue weighted by molar-refractivity contribution is 5.67. The van der Waals surface area contributed by atoms with Crippen LogP contribution in [0.3, 0.4) is 0 Å². The predicted molar refractivity (Wildman–Crippen MR) is 132 cm³/mol. The van der Waals surface area contributed by atoms with Crippen LogP contribution < -0.4 is 0 Å². The van der Waals surface area contributed by atoms with Gasteiger partial charge in [-0.2, -0.15) is 0 Å². The van der Waals surface area contributed by atoms with Crippen LogP contribution in [0.1, 0.15) is 81.1 Å². The molecule has 2 bridgehead atoms. The first kappa shape index (κ1) is 27.9. The maximum atomic E-state index is 12.4. The molecule has 2 saturated carbocycles. The van der Waals surface area contributed by atoms with Gasteiger partial charge in [0.15, 0.2) is 0 Å². The molecule has 0 aromatic rings. The Bertz CT molecular complexity index is 888. The molecular weight excluding hydrogens is 448 g/mol. The van der Waals surface area contributed by atoms with E-state index in [4.69, 9.17) is 14.2 Å². The van der Waals surface area contributed by atoms with Gasteiger partial charge in [-0.3, -0.25) is 9.59 Å². The molecule has 0 saturated heterocycles. The molecule has 0 aromatic heterocycles. The summed E-state index contributed by atoms with van der Waals surface area (Å²) in [5.74, 6) is -1.50. The van der Waals surface area contributed by atoms with Gasteiger partial charge in [-0.15, -0.1) is 0 Å². The highest BCUT2D eigenvalue weighted by Crippen LogP contribution is 2.60. The Morgan fingerprint density at radius 2 is 1.71 bits per heavy atom. The summed E-state index contributed by atoms with van der Waals surface area (Å²) in [7, 11) is 0. The number of esters is 2. The average Bonchev–Trinajstić information content (AvgIpc) is 2.68. The number of aliphatic hydroxyl groups is 2. The standard InChI is InChI=1S/C28H44O7/c1-14-12-21(34-18(5)30)25-26(35-19(6)31)24-15(2)20(32)10-11-28(24,9)13-22(23(14)27(25,7)8)33-17(4)16(3)29/h16-17,20-22,24-26,29,32H,2,10-13H2,1,3-9H3/t16?,17?,20-,21-,22-,24-,25-,26-,28-/m0/s1. The van der Waals surface area contributed by atoms with Gasteiger partial charge in [0, 0.05) is 32.1 Å². The summed E-state index contributed by atoms with van der Waals surface area (Å²) in [5, 5.41) is 21.1. The summed E-state index contributed by atoms with van der Waals surface area (Å²) in [6.45, 7) is 19.1. The highest BCUT2D eigenvalue weighted by Gasteiger charge is 2.60.